The average Bonchev–Trinajstić information content (AvgIpc) is 2.78. The zero-order valence-electron chi connectivity index (χ0n) is 16.7. The second-order valence-electron chi connectivity index (χ2n) is 8.34. The molecule has 146 valence electrons. The van der Waals surface area contributed by atoms with Crippen molar-refractivity contribution >= 4 is 17.9 Å². The SMILES string of the molecule is CC(C)(C=CCN1C(=O)c2ccccc2C1=O)CCNC(=O)OC(C)(C)C. The molecule has 1 N–H and O–H groups in total. The Bertz CT molecular complexity index is 725. The van der Waals surface area contributed by atoms with Crippen molar-refractivity contribution in [2.45, 2.75) is 46.6 Å². The first-order chi connectivity index (χ1) is 12.5. The van der Waals surface area contributed by atoms with Crippen LogP contribution in [-0.2, 0) is 4.74 Å². The van der Waals surface area contributed by atoms with Gasteiger partial charge in [-0.15, -0.1) is 0 Å². The molecule has 6 nitrogen and oxygen atoms in total. The molecule has 0 saturated carbocycles. The minimum Gasteiger partial charge on any atom is -0.444 e. The fourth-order valence-electron chi connectivity index (χ4n) is 2.77. The zero-order valence-corrected chi connectivity index (χ0v) is 16.7. The molecule has 1 heterocycles. The summed E-state index contributed by atoms with van der Waals surface area (Å²) in [7, 11) is 0. The number of hydrogen-bond acceptors (Lipinski definition) is 4. The number of nitrogens with zero attached hydrogens (tertiary/aromatic N) is 1. The quantitative estimate of drug-likeness (QED) is 0.609. The van der Waals surface area contributed by atoms with Gasteiger partial charge in [0.05, 0.1) is 11.1 Å². The highest BCUT2D eigenvalue weighted by Gasteiger charge is 2.34. The highest BCUT2D eigenvalue weighted by Crippen LogP contribution is 2.24. The Morgan fingerprint density at radius 2 is 1.63 bits per heavy atom. The number of hydrogen-bond donors (Lipinski definition) is 1. The summed E-state index contributed by atoms with van der Waals surface area (Å²) in [5.41, 5.74) is 0.188. The standard InChI is InChI=1S/C21H28N2O4/c1-20(2,3)27-19(26)22-13-12-21(4,5)11-8-14-23-17(24)15-9-6-7-10-16(15)18(23)25/h6-11H,12-14H2,1-5H3,(H,22,26). The number of allylic oxidation sites excluding steroid dienone is 1. The topological polar surface area (TPSA) is 75.7 Å². The first-order valence-electron chi connectivity index (χ1n) is 9.10. The van der Waals surface area contributed by atoms with E-state index in [4.69, 9.17) is 4.74 Å². The smallest absolute Gasteiger partial charge is 0.407 e. The molecule has 6 heteroatoms. The van der Waals surface area contributed by atoms with E-state index in [2.05, 4.69) is 5.32 Å². The Morgan fingerprint density at radius 3 is 2.15 bits per heavy atom. The van der Waals surface area contributed by atoms with Crippen molar-refractivity contribution in [3.8, 4) is 0 Å². The number of benzene rings is 1. The second kappa shape index (κ2) is 7.94. The van der Waals surface area contributed by atoms with Crippen LogP contribution in [0, 0.1) is 5.41 Å². The molecule has 3 amide bonds. The van der Waals surface area contributed by atoms with Gasteiger partial charge in [-0.05, 0) is 44.7 Å². The van der Waals surface area contributed by atoms with E-state index in [-0.39, 0.29) is 23.8 Å². The van der Waals surface area contributed by atoms with Crippen LogP contribution in [0.25, 0.3) is 0 Å². The molecular weight excluding hydrogens is 344 g/mol. The van der Waals surface area contributed by atoms with Gasteiger partial charge >= 0.3 is 6.09 Å². The van der Waals surface area contributed by atoms with Crippen LogP contribution >= 0.6 is 0 Å². The van der Waals surface area contributed by atoms with Gasteiger partial charge in [0.1, 0.15) is 5.60 Å². The van der Waals surface area contributed by atoms with E-state index in [1.54, 1.807) is 24.3 Å². The third-order valence-corrected chi connectivity index (χ3v) is 4.17. The lowest BCUT2D eigenvalue weighted by Crippen LogP contribution is -2.34. The molecule has 0 aromatic heterocycles. The predicted molar refractivity (Wildman–Crippen MR) is 104 cm³/mol. The van der Waals surface area contributed by atoms with Crippen LogP contribution < -0.4 is 5.32 Å². The van der Waals surface area contributed by atoms with Gasteiger partial charge < -0.3 is 10.1 Å². The number of rotatable bonds is 6. The van der Waals surface area contributed by atoms with Crippen molar-refractivity contribution < 1.29 is 19.1 Å². The molecule has 0 spiro atoms. The van der Waals surface area contributed by atoms with E-state index in [1.165, 1.54) is 4.90 Å². The van der Waals surface area contributed by atoms with Crippen LogP contribution in [-0.4, -0.2) is 41.5 Å². The monoisotopic (exact) mass is 372 g/mol. The summed E-state index contributed by atoms with van der Waals surface area (Å²) >= 11 is 0. The minimum atomic E-state index is -0.522. The maximum absolute atomic E-state index is 12.3. The second-order valence-corrected chi connectivity index (χ2v) is 8.34. The van der Waals surface area contributed by atoms with Crippen LogP contribution in [0.1, 0.15) is 61.8 Å². The molecule has 0 atom stereocenters. The van der Waals surface area contributed by atoms with E-state index in [1.807, 2.05) is 46.8 Å². The van der Waals surface area contributed by atoms with Crippen molar-refractivity contribution in [1.82, 2.24) is 10.2 Å². The van der Waals surface area contributed by atoms with Crippen molar-refractivity contribution in [2.24, 2.45) is 5.41 Å². The first-order valence-corrected chi connectivity index (χ1v) is 9.10. The lowest BCUT2D eigenvalue weighted by Gasteiger charge is -2.23. The van der Waals surface area contributed by atoms with Gasteiger partial charge in [0.15, 0.2) is 0 Å². The summed E-state index contributed by atoms with van der Waals surface area (Å²) in [4.78, 5) is 37.6. The van der Waals surface area contributed by atoms with Crippen molar-refractivity contribution in [3.63, 3.8) is 0 Å². The molecule has 0 unspecified atom stereocenters. The predicted octanol–water partition coefficient (Wildman–Crippen LogP) is 3.78. The Morgan fingerprint density at radius 1 is 1.07 bits per heavy atom. The molecule has 1 aliphatic heterocycles. The fraction of sp³-hybridized carbons (Fsp3) is 0.476. The van der Waals surface area contributed by atoms with Crippen molar-refractivity contribution in [3.05, 3.63) is 47.5 Å². The van der Waals surface area contributed by atoms with E-state index >= 15 is 0 Å². The Balaban J connectivity index is 1.84. The fourth-order valence-corrected chi connectivity index (χ4v) is 2.77. The summed E-state index contributed by atoms with van der Waals surface area (Å²) < 4.78 is 5.21. The number of carbonyl (C=O) groups is 3. The molecule has 0 aliphatic carbocycles. The van der Waals surface area contributed by atoms with Gasteiger partial charge in [-0.25, -0.2) is 4.79 Å². The third-order valence-electron chi connectivity index (χ3n) is 4.17. The summed E-state index contributed by atoms with van der Waals surface area (Å²) in [5.74, 6) is -0.519. The Labute approximate surface area is 160 Å². The minimum absolute atomic E-state index is 0.201. The number of ether oxygens (including phenoxy) is 1. The number of alkyl carbamates (subject to hydrolysis) is 1. The highest BCUT2D eigenvalue weighted by atomic mass is 16.6. The third kappa shape index (κ3) is 5.67. The largest absolute Gasteiger partial charge is 0.444 e. The molecular formula is C21H28N2O4. The van der Waals surface area contributed by atoms with Gasteiger partial charge in [-0.1, -0.05) is 38.1 Å². The maximum Gasteiger partial charge on any atom is 0.407 e. The molecule has 0 bridgehead atoms. The lowest BCUT2D eigenvalue weighted by atomic mass is 9.89. The van der Waals surface area contributed by atoms with Crippen LogP contribution in [0.4, 0.5) is 4.79 Å². The first kappa shape index (κ1) is 20.7. The number of carbonyl (C=O) groups excluding carboxylic acids is 3. The number of fused-ring (bicyclic) bond motifs is 1. The molecule has 0 radical (unpaired) electrons. The van der Waals surface area contributed by atoms with Gasteiger partial charge in [0.25, 0.3) is 11.8 Å². The molecule has 2 rings (SSSR count). The van der Waals surface area contributed by atoms with E-state index in [0.29, 0.717) is 24.1 Å². The van der Waals surface area contributed by atoms with E-state index in [0.717, 1.165) is 0 Å². The van der Waals surface area contributed by atoms with Crippen LogP contribution in [0.2, 0.25) is 0 Å². The molecule has 1 aromatic carbocycles. The molecule has 1 aromatic rings. The van der Waals surface area contributed by atoms with Crippen LogP contribution in [0.5, 0.6) is 0 Å². The number of imide groups is 1. The maximum atomic E-state index is 12.3. The van der Waals surface area contributed by atoms with Gasteiger partial charge in [0.2, 0.25) is 0 Å². The zero-order chi connectivity index (χ0) is 20.2. The highest BCUT2D eigenvalue weighted by molar-refractivity contribution is 6.21. The number of amides is 3. The number of nitrogens with one attached hydrogen (secondary N) is 1. The van der Waals surface area contributed by atoms with Crippen molar-refractivity contribution in [2.75, 3.05) is 13.1 Å². The Hall–Kier alpha value is -2.63. The summed E-state index contributed by atoms with van der Waals surface area (Å²) in [6.45, 7) is 10.2. The molecule has 0 fully saturated rings. The average molecular weight is 372 g/mol. The van der Waals surface area contributed by atoms with Gasteiger partial charge in [-0.2, -0.15) is 0 Å². The summed E-state index contributed by atoms with van der Waals surface area (Å²) in [6.07, 6.45) is 4.06. The van der Waals surface area contributed by atoms with Gasteiger partial charge in [0, 0.05) is 13.1 Å². The van der Waals surface area contributed by atoms with Crippen molar-refractivity contribution in [1.29, 1.82) is 0 Å². The molecule has 27 heavy (non-hydrogen) atoms. The van der Waals surface area contributed by atoms with Crippen LogP contribution in [0.3, 0.4) is 0 Å². The summed E-state index contributed by atoms with van der Waals surface area (Å²) in [5, 5.41) is 2.74. The lowest BCUT2D eigenvalue weighted by molar-refractivity contribution is 0.0522. The Kier molecular flexibility index (Phi) is 6.08. The normalized spacial score (nSPS) is 14.6. The molecule has 0 saturated heterocycles. The molecule has 1 aliphatic rings. The van der Waals surface area contributed by atoms with Crippen LogP contribution in [0.15, 0.2) is 36.4 Å². The summed E-state index contributed by atoms with van der Waals surface area (Å²) in [6, 6.07) is 6.85. The van der Waals surface area contributed by atoms with E-state index < -0.39 is 11.7 Å². The van der Waals surface area contributed by atoms with Gasteiger partial charge in [-0.3, -0.25) is 14.5 Å². The van der Waals surface area contributed by atoms with E-state index in [9.17, 15) is 14.4 Å².